The average Bonchev–Trinajstić information content (AvgIpc) is 2.21. The van der Waals surface area contributed by atoms with Crippen LogP contribution in [0.2, 0.25) is 0 Å². The van der Waals surface area contributed by atoms with Crippen molar-refractivity contribution in [2.24, 2.45) is 0 Å². The summed E-state index contributed by atoms with van der Waals surface area (Å²) in [5, 5.41) is 16.7. The van der Waals surface area contributed by atoms with E-state index in [1.54, 1.807) is 0 Å². The van der Waals surface area contributed by atoms with Gasteiger partial charge in [-0.1, -0.05) is 6.92 Å². The highest BCUT2D eigenvalue weighted by Crippen LogP contribution is 1.72. The van der Waals surface area contributed by atoms with E-state index >= 15 is 0 Å². The summed E-state index contributed by atoms with van der Waals surface area (Å²) in [6.07, 6.45) is 3.46. The number of nitrogens with one attached hydrogen (secondary N) is 4. The van der Waals surface area contributed by atoms with Gasteiger partial charge in [-0.05, 0) is 38.7 Å². The zero-order valence-corrected chi connectivity index (χ0v) is 9.23. The Morgan fingerprint density at radius 3 is 2.21 bits per heavy atom. The summed E-state index contributed by atoms with van der Waals surface area (Å²) in [5.74, 6) is 0. The molecule has 4 nitrogen and oxygen atoms in total. The molecule has 0 spiro atoms. The normalized spacial score (nSPS) is 10.4. The maximum absolute atomic E-state index is 6.83. The van der Waals surface area contributed by atoms with Gasteiger partial charge in [0.15, 0.2) is 0 Å². The number of rotatable bonds is 11. The van der Waals surface area contributed by atoms with Crippen molar-refractivity contribution in [3.63, 3.8) is 0 Å². The second-order valence-electron chi connectivity index (χ2n) is 3.20. The molecule has 0 radical (unpaired) electrons. The second kappa shape index (κ2) is 12.6. The molecule has 84 valence electrons. The van der Waals surface area contributed by atoms with Gasteiger partial charge in [0.25, 0.3) is 0 Å². The van der Waals surface area contributed by atoms with Crippen molar-refractivity contribution in [2.75, 3.05) is 39.3 Å². The van der Waals surface area contributed by atoms with Gasteiger partial charge in [0.2, 0.25) is 0 Å². The van der Waals surface area contributed by atoms with E-state index in [0.717, 1.165) is 45.7 Å². The first kappa shape index (κ1) is 13.5. The van der Waals surface area contributed by atoms with Crippen LogP contribution in [0.1, 0.15) is 19.8 Å². The summed E-state index contributed by atoms with van der Waals surface area (Å²) >= 11 is 0. The van der Waals surface area contributed by atoms with E-state index < -0.39 is 0 Å². The summed E-state index contributed by atoms with van der Waals surface area (Å²) < 4.78 is 0. The van der Waals surface area contributed by atoms with Crippen molar-refractivity contribution in [3.8, 4) is 0 Å². The minimum atomic E-state index is 0.834. The molecular formula is C10H24N4. The zero-order valence-electron chi connectivity index (χ0n) is 9.23. The first-order valence-electron chi connectivity index (χ1n) is 5.53. The first-order chi connectivity index (χ1) is 6.91. The molecule has 4 heteroatoms. The van der Waals surface area contributed by atoms with Gasteiger partial charge in [-0.15, -0.1) is 0 Å². The zero-order chi connectivity index (χ0) is 10.5. The molecule has 0 aliphatic carbocycles. The minimum absolute atomic E-state index is 0.834. The van der Waals surface area contributed by atoms with E-state index in [1.807, 2.05) is 0 Å². The summed E-state index contributed by atoms with van der Waals surface area (Å²) in [7, 11) is 0. The van der Waals surface area contributed by atoms with Gasteiger partial charge >= 0.3 is 0 Å². The molecule has 0 rings (SSSR count). The van der Waals surface area contributed by atoms with Crippen LogP contribution in [0.5, 0.6) is 0 Å². The summed E-state index contributed by atoms with van der Waals surface area (Å²) in [4.78, 5) is 0. The minimum Gasteiger partial charge on any atom is -0.317 e. The summed E-state index contributed by atoms with van der Waals surface area (Å²) in [6.45, 7) is 8.30. The third-order valence-corrected chi connectivity index (χ3v) is 1.90. The van der Waals surface area contributed by atoms with Gasteiger partial charge in [-0.25, -0.2) is 0 Å². The lowest BCUT2D eigenvalue weighted by molar-refractivity contribution is 0.582. The quantitative estimate of drug-likeness (QED) is 0.285. The van der Waals surface area contributed by atoms with Crippen molar-refractivity contribution >= 4 is 6.21 Å². The van der Waals surface area contributed by atoms with Gasteiger partial charge in [0.1, 0.15) is 0 Å². The third kappa shape index (κ3) is 11.6. The largest absolute Gasteiger partial charge is 0.317 e. The molecule has 0 saturated carbocycles. The Kier molecular flexibility index (Phi) is 12.1. The van der Waals surface area contributed by atoms with Crippen molar-refractivity contribution in [1.29, 1.82) is 5.41 Å². The van der Waals surface area contributed by atoms with Gasteiger partial charge in [0, 0.05) is 19.6 Å². The van der Waals surface area contributed by atoms with E-state index in [4.69, 9.17) is 5.41 Å². The predicted molar refractivity (Wildman–Crippen MR) is 62.3 cm³/mol. The Balaban J connectivity index is 2.81. The van der Waals surface area contributed by atoms with E-state index in [2.05, 4.69) is 22.9 Å². The highest BCUT2D eigenvalue weighted by atomic mass is 14.9. The van der Waals surface area contributed by atoms with Gasteiger partial charge in [-0.2, -0.15) is 0 Å². The van der Waals surface area contributed by atoms with Crippen LogP contribution in [0.3, 0.4) is 0 Å². The van der Waals surface area contributed by atoms with Crippen molar-refractivity contribution < 1.29 is 0 Å². The topological polar surface area (TPSA) is 59.9 Å². The average molecular weight is 200 g/mol. The standard InChI is InChI=1S/C10H24N4/c1-2-12-7-4-8-14-10-9-13-6-3-5-11/h5,11-14H,2-4,6-10H2,1H3. The molecule has 0 aliphatic rings. The molecule has 0 unspecified atom stereocenters. The lowest BCUT2D eigenvalue weighted by Crippen LogP contribution is -2.29. The Morgan fingerprint density at radius 2 is 1.57 bits per heavy atom. The third-order valence-electron chi connectivity index (χ3n) is 1.90. The highest BCUT2D eigenvalue weighted by Gasteiger charge is 1.88. The molecule has 0 atom stereocenters. The van der Waals surface area contributed by atoms with Gasteiger partial charge in [0.05, 0.1) is 0 Å². The molecule has 0 fully saturated rings. The van der Waals surface area contributed by atoms with Crippen LogP contribution in [-0.4, -0.2) is 45.5 Å². The molecule has 0 aliphatic heterocycles. The molecule has 4 N–H and O–H groups in total. The maximum Gasteiger partial charge on any atom is 0.00768 e. The number of hydrogen-bond donors (Lipinski definition) is 4. The Bertz CT molecular complexity index is 117. The van der Waals surface area contributed by atoms with Crippen molar-refractivity contribution in [3.05, 3.63) is 0 Å². The monoisotopic (exact) mass is 200 g/mol. The molecule has 14 heavy (non-hydrogen) atoms. The Labute approximate surface area is 87.4 Å². The predicted octanol–water partition coefficient (Wildman–Crippen LogP) is 0.205. The van der Waals surface area contributed by atoms with Crippen LogP contribution >= 0.6 is 0 Å². The molecule has 0 aromatic rings. The van der Waals surface area contributed by atoms with Crippen LogP contribution in [-0.2, 0) is 0 Å². The second-order valence-corrected chi connectivity index (χ2v) is 3.20. The Hall–Kier alpha value is -0.450. The van der Waals surface area contributed by atoms with Crippen LogP contribution in [0.15, 0.2) is 0 Å². The summed E-state index contributed by atoms with van der Waals surface area (Å²) in [6, 6.07) is 0. The molecule has 0 saturated heterocycles. The molecule has 0 bridgehead atoms. The molecule has 0 aromatic carbocycles. The molecule has 0 heterocycles. The lowest BCUT2D eigenvalue weighted by Gasteiger charge is -2.05. The fourth-order valence-electron chi connectivity index (χ4n) is 1.12. The highest BCUT2D eigenvalue weighted by molar-refractivity contribution is 5.52. The smallest absolute Gasteiger partial charge is 0.00768 e. The van der Waals surface area contributed by atoms with E-state index in [9.17, 15) is 0 Å². The van der Waals surface area contributed by atoms with Crippen LogP contribution in [0.25, 0.3) is 0 Å². The van der Waals surface area contributed by atoms with Gasteiger partial charge in [-0.3, -0.25) is 0 Å². The molecular weight excluding hydrogens is 176 g/mol. The van der Waals surface area contributed by atoms with E-state index in [0.29, 0.717) is 0 Å². The van der Waals surface area contributed by atoms with Crippen molar-refractivity contribution in [2.45, 2.75) is 19.8 Å². The lowest BCUT2D eigenvalue weighted by atomic mass is 10.4. The first-order valence-corrected chi connectivity index (χ1v) is 5.53. The SMILES string of the molecule is CCNCCCNCCNCCC=N. The molecule has 0 aromatic heterocycles. The van der Waals surface area contributed by atoms with E-state index in [1.165, 1.54) is 12.6 Å². The maximum atomic E-state index is 6.83. The van der Waals surface area contributed by atoms with E-state index in [-0.39, 0.29) is 0 Å². The number of hydrogen-bond acceptors (Lipinski definition) is 4. The fourth-order valence-corrected chi connectivity index (χ4v) is 1.12. The van der Waals surface area contributed by atoms with Gasteiger partial charge < -0.3 is 21.4 Å². The van der Waals surface area contributed by atoms with Crippen LogP contribution < -0.4 is 16.0 Å². The molecule has 0 amide bonds. The summed E-state index contributed by atoms with van der Waals surface area (Å²) in [5.41, 5.74) is 0. The van der Waals surface area contributed by atoms with Crippen LogP contribution in [0.4, 0.5) is 0 Å². The van der Waals surface area contributed by atoms with Crippen LogP contribution in [0, 0.1) is 5.41 Å². The fraction of sp³-hybridized carbons (Fsp3) is 0.900. The Morgan fingerprint density at radius 1 is 0.929 bits per heavy atom. The van der Waals surface area contributed by atoms with Crippen molar-refractivity contribution in [1.82, 2.24) is 16.0 Å².